The molecule has 0 radical (unpaired) electrons. The Labute approximate surface area is 131 Å². The van der Waals surface area contributed by atoms with Crippen LogP contribution < -0.4 is 10.9 Å². The number of H-pyrrole nitrogens is 1. The molecule has 7 nitrogen and oxygen atoms in total. The number of anilines is 1. The largest absolute Gasteiger partial charge is 0.360 e. The number of hydrogen-bond acceptors (Lipinski definition) is 6. The smallest absolute Gasteiger partial charge is 0.251 e. The molecule has 22 heavy (non-hydrogen) atoms. The highest BCUT2D eigenvalue weighted by Crippen LogP contribution is 2.14. The number of aromatic amines is 1. The number of aromatic nitrogens is 3. The van der Waals surface area contributed by atoms with Crippen LogP contribution in [0.5, 0.6) is 0 Å². The van der Waals surface area contributed by atoms with E-state index in [0.29, 0.717) is 22.5 Å². The van der Waals surface area contributed by atoms with Crippen LogP contribution in [0.4, 0.5) is 5.82 Å². The summed E-state index contributed by atoms with van der Waals surface area (Å²) in [4.78, 5) is 30.3. The molecule has 0 fully saturated rings. The summed E-state index contributed by atoms with van der Waals surface area (Å²) in [6.45, 7) is 3.79. The van der Waals surface area contributed by atoms with E-state index in [2.05, 4.69) is 20.4 Å². The molecule has 0 spiro atoms. The molecule has 2 aromatic heterocycles. The van der Waals surface area contributed by atoms with Gasteiger partial charge in [0.05, 0.1) is 0 Å². The Morgan fingerprint density at radius 2 is 2.27 bits per heavy atom. The maximum Gasteiger partial charge on any atom is 0.251 e. The summed E-state index contributed by atoms with van der Waals surface area (Å²) >= 11 is 1.35. The van der Waals surface area contributed by atoms with Crippen LogP contribution >= 0.6 is 11.8 Å². The Morgan fingerprint density at radius 1 is 1.45 bits per heavy atom. The van der Waals surface area contributed by atoms with Crippen LogP contribution in [0.2, 0.25) is 0 Å². The molecule has 0 saturated heterocycles. The van der Waals surface area contributed by atoms with Gasteiger partial charge in [-0.05, 0) is 13.3 Å². The summed E-state index contributed by atoms with van der Waals surface area (Å²) in [6, 6.07) is 3.16. The van der Waals surface area contributed by atoms with Gasteiger partial charge in [-0.25, -0.2) is 4.98 Å². The second kappa shape index (κ2) is 7.79. The van der Waals surface area contributed by atoms with Gasteiger partial charge in [-0.1, -0.05) is 30.3 Å². The molecule has 0 aliphatic rings. The van der Waals surface area contributed by atoms with Gasteiger partial charge in [0.1, 0.15) is 5.76 Å². The third-order valence-electron chi connectivity index (χ3n) is 2.74. The first-order valence-electron chi connectivity index (χ1n) is 7.03. The molecule has 0 aliphatic heterocycles. The van der Waals surface area contributed by atoms with Gasteiger partial charge < -0.3 is 14.8 Å². The predicted octanol–water partition coefficient (Wildman–Crippen LogP) is 2.14. The minimum Gasteiger partial charge on any atom is -0.360 e. The first-order valence-corrected chi connectivity index (χ1v) is 8.01. The minimum absolute atomic E-state index is 0.159. The molecule has 0 aliphatic carbocycles. The van der Waals surface area contributed by atoms with E-state index in [4.69, 9.17) is 4.52 Å². The molecular formula is C14H18N4O3S. The number of amides is 1. The lowest BCUT2D eigenvalue weighted by Crippen LogP contribution is -2.13. The zero-order chi connectivity index (χ0) is 15.9. The zero-order valence-corrected chi connectivity index (χ0v) is 13.3. The van der Waals surface area contributed by atoms with Crippen molar-refractivity contribution < 1.29 is 9.32 Å². The van der Waals surface area contributed by atoms with Crippen molar-refractivity contribution in [3.8, 4) is 0 Å². The van der Waals surface area contributed by atoms with Gasteiger partial charge in [-0.15, -0.1) is 0 Å². The Balaban J connectivity index is 1.83. The fourth-order valence-electron chi connectivity index (χ4n) is 1.81. The molecule has 0 atom stereocenters. The first-order chi connectivity index (χ1) is 10.6. The van der Waals surface area contributed by atoms with Crippen molar-refractivity contribution in [3.63, 3.8) is 0 Å². The Hall–Kier alpha value is -2.09. The predicted molar refractivity (Wildman–Crippen MR) is 84.1 cm³/mol. The van der Waals surface area contributed by atoms with Crippen LogP contribution in [-0.4, -0.2) is 26.8 Å². The monoisotopic (exact) mass is 322 g/mol. The molecular weight excluding hydrogens is 304 g/mol. The summed E-state index contributed by atoms with van der Waals surface area (Å²) in [5.41, 5.74) is 0.611. The highest BCUT2D eigenvalue weighted by Gasteiger charge is 2.07. The second-order valence-electron chi connectivity index (χ2n) is 4.76. The van der Waals surface area contributed by atoms with Crippen molar-refractivity contribution >= 4 is 23.5 Å². The van der Waals surface area contributed by atoms with Gasteiger partial charge in [0.15, 0.2) is 11.0 Å². The number of carbonyl (C=O) groups is 1. The van der Waals surface area contributed by atoms with Crippen LogP contribution in [-0.2, 0) is 11.2 Å². The molecule has 0 aromatic carbocycles. The van der Waals surface area contributed by atoms with E-state index in [1.54, 1.807) is 13.0 Å². The zero-order valence-electron chi connectivity index (χ0n) is 12.5. The van der Waals surface area contributed by atoms with Gasteiger partial charge in [0, 0.05) is 30.0 Å². The molecule has 2 aromatic rings. The molecule has 8 heteroatoms. The average Bonchev–Trinajstić information content (AvgIpc) is 2.83. The van der Waals surface area contributed by atoms with Gasteiger partial charge in [-0.3, -0.25) is 9.59 Å². The van der Waals surface area contributed by atoms with Crippen molar-refractivity contribution in [2.24, 2.45) is 0 Å². The standard InChI is InChI=1S/C14H18N4O3S/c1-3-4-10-8-13(20)17-14(15-10)22-6-5-12(19)16-11-7-9(2)21-18-11/h7-8H,3-6H2,1-2H3,(H,15,17,20)(H,16,18,19). The van der Waals surface area contributed by atoms with Gasteiger partial charge in [0.25, 0.3) is 5.56 Å². The number of carbonyl (C=O) groups excluding carboxylic acids is 1. The van der Waals surface area contributed by atoms with Crippen molar-refractivity contribution in [1.29, 1.82) is 0 Å². The SMILES string of the molecule is CCCc1cc(=O)[nH]c(SCCC(=O)Nc2cc(C)on2)n1. The van der Waals surface area contributed by atoms with E-state index in [1.807, 2.05) is 6.92 Å². The molecule has 0 saturated carbocycles. The van der Waals surface area contributed by atoms with E-state index < -0.39 is 0 Å². The fourth-order valence-corrected chi connectivity index (χ4v) is 2.64. The quantitative estimate of drug-likeness (QED) is 0.598. The van der Waals surface area contributed by atoms with Crippen molar-refractivity contribution in [1.82, 2.24) is 15.1 Å². The molecule has 2 heterocycles. The van der Waals surface area contributed by atoms with Crippen LogP contribution in [0.25, 0.3) is 0 Å². The lowest BCUT2D eigenvalue weighted by Gasteiger charge is -2.03. The molecule has 2 rings (SSSR count). The third-order valence-corrected chi connectivity index (χ3v) is 3.62. The Kier molecular flexibility index (Phi) is 5.76. The number of aryl methyl sites for hydroxylation is 2. The van der Waals surface area contributed by atoms with Crippen LogP contribution in [0, 0.1) is 6.92 Å². The highest BCUT2D eigenvalue weighted by atomic mass is 32.2. The summed E-state index contributed by atoms with van der Waals surface area (Å²) < 4.78 is 4.87. The molecule has 0 unspecified atom stereocenters. The van der Waals surface area contributed by atoms with Crippen LogP contribution in [0.3, 0.4) is 0 Å². The number of nitrogens with zero attached hydrogens (tertiary/aromatic N) is 2. The first kappa shape index (κ1) is 16.3. The van der Waals surface area contributed by atoms with Gasteiger partial charge in [-0.2, -0.15) is 0 Å². The maximum absolute atomic E-state index is 11.7. The summed E-state index contributed by atoms with van der Waals surface area (Å²) in [6.07, 6.45) is 1.99. The summed E-state index contributed by atoms with van der Waals surface area (Å²) in [5, 5.41) is 6.88. The number of rotatable bonds is 7. The van der Waals surface area contributed by atoms with Gasteiger partial charge >= 0.3 is 0 Å². The van der Waals surface area contributed by atoms with E-state index in [-0.39, 0.29) is 17.9 Å². The van der Waals surface area contributed by atoms with E-state index in [0.717, 1.165) is 18.5 Å². The van der Waals surface area contributed by atoms with Crippen LogP contribution in [0.1, 0.15) is 31.2 Å². The molecule has 0 bridgehead atoms. The Bertz CT molecular complexity index is 695. The second-order valence-corrected chi connectivity index (χ2v) is 5.84. The lowest BCUT2D eigenvalue weighted by atomic mass is 10.2. The minimum atomic E-state index is -0.163. The number of nitrogens with one attached hydrogen (secondary N) is 2. The van der Waals surface area contributed by atoms with Gasteiger partial charge in [0.2, 0.25) is 5.91 Å². The molecule has 118 valence electrons. The maximum atomic E-state index is 11.7. The third kappa shape index (κ3) is 5.03. The lowest BCUT2D eigenvalue weighted by molar-refractivity contribution is -0.115. The highest BCUT2D eigenvalue weighted by molar-refractivity contribution is 7.99. The topological polar surface area (TPSA) is 101 Å². The van der Waals surface area contributed by atoms with Crippen molar-refractivity contribution in [2.45, 2.75) is 38.3 Å². The Morgan fingerprint density at radius 3 is 2.95 bits per heavy atom. The van der Waals surface area contributed by atoms with E-state index >= 15 is 0 Å². The number of thioether (sulfide) groups is 1. The average molecular weight is 322 g/mol. The number of hydrogen-bond donors (Lipinski definition) is 2. The van der Waals surface area contributed by atoms with E-state index in [9.17, 15) is 9.59 Å². The van der Waals surface area contributed by atoms with E-state index in [1.165, 1.54) is 17.8 Å². The molecule has 1 amide bonds. The fraction of sp³-hybridized carbons (Fsp3) is 0.429. The summed E-state index contributed by atoms with van der Waals surface area (Å²) in [7, 11) is 0. The van der Waals surface area contributed by atoms with Crippen molar-refractivity contribution in [2.75, 3.05) is 11.1 Å². The van der Waals surface area contributed by atoms with Crippen LogP contribution in [0.15, 0.2) is 26.6 Å². The molecule has 2 N–H and O–H groups in total. The van der Waals surface area contributed by atoms with Crippen molar-refractivity contribution in [3.05, 3.63) is 33.9 Å². The summed E-state index contributed by atoms with van der Waals surface area (Å²) in [5.74, 6) is 1.40. The normalized spacial score (nSPS) is 10.6.